The molecule has 12 heteroatoms. The van der Waals surface area contributed by atoms with Gasteiger partial charge in [-0.2, -0.15) is 0 Å². The molecule has 33 heavy (non-hydrogen) atoms. The first kappa shape index (κ1) is 22.8. The predicted molar refractivity (Wildman–Crippen MR) is 114 cm³/mol. The van der Waals surface area contributed by atoms with E-state index in [0.29, 0.717) is 18.0 Å². The minimum Gasteiger partial charge on any atom is -0.459 e. The molecule has 10 nitrogen and oxygen atoms in total. The van der Waals surface area contributed by atoms with Gasteiger partial charge in [-0.25, -0.2) is 0 Å². The summed E-state index contributed by atoms with van der Waals surface area (Å²) in [6.45, 7) is -0.0592. The summed E-state index contributed by atoms with van der Waals surface area (Å²) in [5.41, 5.74) is 0.0838. The van der Waals surface area contributed by atoms with Crippen LogP contribution in [0.15, 0.2) is 34.9 Å². The highest BCUT2D eigenvalue weighted by Crippen LogP contribution is 2.31. The van der Waals surface area contributed by atoms with Crippen molar-refractivity contribution < 1.29 is 33.1 Å². The molecule has 3 heterocycles. The first-order valence-electron chi connectivity index (χ1n) is 9.87. The topological polar surface area (TPSA) is 117 Å². The summed E-state index contributed by atoms with van der Waals surface area (Å²) in [5, 5.41) is 0.218. The molecule has 2 aliphatic heterocycles. The van der Waals surface area contributed by atoms with Crippen LogP contribution in [0.1, 0.15) is 31.3 Å². The fraction of sp³-hybridized carbons (Fsp3) is 0.286. The Morgan fingerprint density at radius 2 is 1.52 bits per heavy atom. The van der Waals surface area contributed by atoms with Gasteiger partial charge in [-0.1, -0.05) is 23.2 Å². The number of rotatable bonds is 5. The van der Waals surface area contributed by atoms with Crippen LogP contribution in [0.3, 0.4) is 0 Å². The van der Waals surface area contributed by atoms with Crippen LogP contribution in [0.25, 0.3) is 0 Å². The zero-order valence-electron chi connectivity index (χ0n) is 17.1. The van der Waals surface area contributed by atoms with Crippen molar-refractivity contribution in [1.82, 2.24) is 14.7 Å². The Labute approximate surface area is 197 Å². The predicted octanol–water partition coefficient (Wildman–Crippen LogP) is 1.71. The monoisotopic (exact) mass is 493 g/mol. The van der Waals surface area contributed by atoms with E-state index in [2.05, 4.69) is 0 Å². The number of esters is 1. The summed E-state index contributed by atoms with van der Waals surface area (Å²) in [6, 6.07) is 5.72. The van der Waals surface area contributed by atoms with Crippen molar-refractivity contribution in [2.75, 3.05) is 39.3 Å². The van der Waals surface area contributed by atoms with E-state index < -0.39 is 36.8 Å². The second-order valence-corrected chi connectivity index (χ2v) is 8.13. The van der Waals surface area contributed by atoms with Gasteiger partial charge in [-0.15, -0.1) is 0 Å². The quantitative estimate of drug-likeness (QED) is 0.459. The molecule has 0 N–H and O–H groups in total. The Hall–Kier alpha value is -3.37. The Morgan fingerprint density at radius 1 is 0.939 bits per heavy atom. The van der Waals surface area contributed by atoms with Gasteiger partial charge in [0, 0.05) is 26.2 Å². The van der Waals surface area contributed by atoms with Crippen molar-refractivity contribution in [1.29, 1.82) is 0 Å². The molecule has 0 saturated carbocycles. The van der Waals surface area contributed by atoms with Crippen molar-refractivity contribution in [3.63, 3.8) is 0 Å². The molecule has 1 fully saturated rings. The largest absolute Gasteiger partial charge is 0.459 e. The summed E-state index contributed by atoms with van der Waals surface area (Å²) < 4.78 is 10.1. The number of carbonyl (C=O) groups is 5. The highest BCUT2D eigenvalue weighted by Gasteiger charge is 2.38. The molecule has 0 atom stereocenters. The summed E-state index contributed by atoms with van der Waals surface area (Å²) in [5.74, 6) is -2.80. The van der Waals surface area contributed by atoms with Gasteiger partial charge >= 0.3 is 5.97 Å². The van der Waals surface area contributed by atoms with Gasteiger partial charge in [0.2, 0.25) is 0 Å². The Morgan fingerprint density at radius 3 is 2.06 bits per heavy atom. The van der Waals surface area contributed by atoms with E-state index in [9.17, 15) is 24.0 Å². The molecule has 1 aromatic heterocycles. The van der Waals surface area contributed by atoms with E-state index in [4.69, 9.17) is 32.4 Å². The third kappa shape index (κ3) is 4.57. The third-order valence-corrected chi connectivity index (χ3v) is 6.03. The van der Waals surface area contributed by atoms with E-state index in [-0.39, 0.29) is 45.9 Å². The molecular weight excluding hydrogens is 477 g/mol. The van der Waals surface area contributed by atoms with Crippen LogP contribution < -0.4 is 0 Å². The second-order valence-electron chi connectivity index (χ2n) is 7.32. The highest BCUT2D eigenvalue weighted by molar-refractivity contribution is 6.43. The first-order chi connectivity index (χ1) is 15.8. The van der Waals surface area contributed by atoms with Crippen LogP contribution in [-0.4, -0.2) is 83.6 Å². The van der Waals surface area contributed by atoms with Crippen LogP contribution in [-0.2, 0) is 14.3 Å². The lowest BCUT2D eigenvalue weighted by Gasteiger charge is -2.34. The summed E-state index contributed by atoms with van der Waals surface area (Å²) in [4.78, 5) is 65.5. The van der Waals surface area contributed by atoms with E-state index in [1.165, 1.54) is 23.3 Å². The minimum atomic E-state index is -0.915. The number of imide groups is 1. The fourth-order valence-electron chi connectivity index (χ4n) is 3.55. The maximum absolute atomic E-state index is 12.4. The molecule has 1 aromatic carbocycles. The zero-order chi connectivity index (χ0) is 23.7. The number of halogens is 2. The highest BCUT2D eigenvalue weighted by atomic mass is 35.5. The molecule has 2 aromatic rings. The van der Waals surface area contributed by atoms with Crippen LogP contribution >= 0.6 is 23.2 Å². The number of nitrogens with zero attached hydrogens (tertiary/aromatic N) is 3. The molecule has 4 amide bonds. The van der Waals surface area contributed by atoms with Gasteiger partial charge in [0.15, 0.2) is 12.4 Å². The van der Waals surface area contributed by atoms with Crippen molar-refractivity contribution in [3.05, 3.63) is 57.5 Å². The average Bonchev–Trinajstić information content (AvgIpc) is 3.42. The van der Waals surface area contributed by atoms with Crippen molar-refractivity contribution in [2.24, 2.45) is 0 Å². The standard InChI is InChI=1S/C21H17Cl2N3O7/c22-14-8-12-13(9-15(14)23)20(30)26(19(12)29)10-18(28)33-11-17(27)24-3-5-25(6-4-24)21(31)16-2-1-7-32-16/h1-2,7-9H,3-6,10-11H2. The number of piperazine rings is 1. The number of fused-ring (bicyclic) bond motifs is 1. The lowest BCUT2D eigenvalue weighted by molar-refractivity contribution is -0.152. The van der Waals surface area contributed by atoms with Gasteiger partial charge < -0.3 is 19.0 Å². The van der Waals surface area contributed by atoms with Gasteiger partial charge in [-0.05, 0) is 24.3 Å². The van der Waals surface area contributed by atoms with Gasteiger partial charge in [-0.3, -0.25) is 28.9 Å². The van der Waals surface area contributed by atoms with E-state index in [0.717, 1.165) is 0 Å². The molecule has 0 aliphatic carbocycles. The summed E-state index contributed by atoms with van der Waals surface area (Å²) in [7, 11) is 0. The lowest BCUT2D eigenvalue weighted by Crippen LogP contribution is -2.51. The van der Waals surface area contributed by atoms with Crippen LogP contribution in [0, 0.1) is 0 Å². The number of hydrogen-bond acceptors (Lipinski definition) is 7. The van der Waals surface area contributed by atoms with Crippen LogP contribution in [0.5, 0.6) is 0 Å². The molecular formula is C21H17Cl2N3O7. The first-order valence-corrected chi connectivity index (χ1v) is 10.6. The molecule has 172 valence electrons. The Bertz CT molecular complexity index is 1100. The van der Waals surface area contributed by atoms with Crippen molar-refractivity contribution in [3.8, 4) is 0 Å². The molecule has 0 unspecified atom stereocenters. The Balaban J connectivity index is 1.26. The normalized spacial score (nSPS) is 15.6. The number of furan rings is 1. The minimum absolute atomic E-state index is 0.0419. The molecule has 0 radical (unpaired) electrons. The Kier molecular flexibility index (Phi) is 6.39. The number of ether oxygens (including phenoxy) is 1. The molecule has 0 spiro atoms. The smallest absolute Gasteiger partial charge is 0.326 e. The summed E-state index contributed by atoms with van der Waals surface area (Å²) in [6.07, 6.45) is 1.41. The zero-order valence-corrected chi connectivity index (χ0v) is 18.6. The fourth-order valence-corrected chi connectivity index (χ4v) is 3.88. The van der Waals surface area contributed by atoms with Gasteiger partial charge in [0.1, 0.15) is 6.54 Å². The van der Waals surface area contributed by atoms with Crippen LogP contribution in [0.4, 0.5) is 0 Å². The number of carbonyl (C=O) groups excluding carboxylic acids is 5. The van der Waals surface area contributed by atoms with Gasteiger partial charge in [0.25, 0.3) is 23.6 Å². The van der Waals surface area contributed by atoms with Crippen LogP contribution in [0.2, 0.25) is 10.0 Å². The maximum atomic E-state index is 12.4. The third-order valence-electron chi connectivity index (χ3n) is 5.31. The SMILES string of the molecule is O=C(CN1C(=O)c2cc(Cl)c(Cl)cc2C1=O)OCC(=O)N1CCN(C(=O)c2ccco2)CC1. The number of benzene rings is 1. The van der Waals surface area contributed by atoms with E-state index >= 15 is 0 Å². The number of amides is 4. The second kappa shape index (κ2) is 9.24. The average molecular weight is 494 g/mol. The molecule has 2 aliphatic rings. The lowest BCUT2D eigenvalue weighted by atomic mass is 10.1. The molecule has 1 saturated heterocycles. The van der Waals surface area contributed by atoms with Crippen molar-refractivity contribution in [2.45, 2.75) is 0 Å². The maximum Gasteiger partial charge on any atom is 0.326 e. The molecule has 4 rings (SSSR count). The van der Waals surface area contributed by atoms with Gasteiger partial charge in [0.05, 0.1) is 27.4 Å². The van der Waals surface area contributed by atoms with E-state index in [1.807, 2.05) is 0 Å². The molecule has 0 bridgehead atoms. The number of hydrogen-bond donors (Lipinski definition) is 0. The summed E-state index contributed by atoms with van der Waals surface area (Å²) >= 11 is 11.8. The van der Waals surface area contributed by atoms with E-state index in [1.54, 1.807) is 17.0 Å². The van der Waals surface area contributed by atoms with Crippen molar-refractivity contribution >= 4 is 52.8 Å².